The molecule has 6 N–H and O–H groups in total. The summed E-state index contributed by atoms with van der Waals surface area (Å²) in [7, 11) is 0. The number of carbonyl (C=O) groups is 2. The van der Waals surface area contributed by atoms with E-state index in [2.05, 4.69) is 26.9 Å². The number of benzene rings is 1. The molecular formula is C13H20N4O4. The number of rotatable bonds is 2. The largest absolute Gasteiger partial charge is 0.478 e. The molecule has 0 bridgehead atoms. The first-order chi connectivity index (χ1) is 10.0. The molecule has 1 aromatic carbocycles. The molecule has 0 radical (unpaired) electrons. The van der Waals surface area contributed by atoms with E-state index >= 15 is 0 Å². The zero-order valence-electron chi connectivity index (χ0n) is 11.8. The van der Waals surface area contributed by atoms with Crippen molar-refractivity contribution in [2.24, 2.45) is 0 Å². The average Bonchev–Trinajstić information content (AvgIpc) is 2.55. The number of carboxylic acids is 2. The van der Waals surface area contributed by atoms with Crippen LogP contribution in [0, 0.1) is 28.6 Å². The van der Waals surface area contributed by atoms with E-state index in [-0.39, 0.29) is 11.1 Å². The SMILES string of the molecule is C=N.C=N.C=N.C=N.Cc1ccc(C(=O)O)cc1C(=O)O. The van der Waals surface area contributed by atoms with Crippen molar-refractivity contribution in [1.29, 1.82) is 21.6 Å². The zero-order chi connectivity index (χ0) is 18.0. The summed E-state index contributed by atoms with van der Waals surface area (Å²) in [6.07, 6.45) is 0. The minimum absolute atomic E-state index is 0.0111. The standard InChI is InChI=1S/C9H8O4.4CH3N/c1-5-2-3-6(8(10)11)4-7(5)9(12)13;4*1-2/h2-4H,1H3,(H,10,11)(H,12,13);4*2H,1H2. The predicted molar refractivity (Wildman–Crippen MR) is 84.5 cm³/mol. The molecule has 0 fully saturated rings. The zero-order valence-corrected chi connectivity index (χ0v) is 11.8. The summed E-state index contributed by atoms with van der Waals surface area (Å²) in [5.41, 5.74) is 0.570. The summed E-state index contributed by atoms with van der Waals surface area (Å²) in [6, 6.07) is 4.01. The van der Waals surface area contributed by atoms with E-state index in [4.69, 9.17) is 31.9 Å². The third-order valence-electron chi connectivity index (χ3n) is 1.71. The maximum Gasteiger partial charge on any atom is 0.335 e. The Morgan fingerprint density at radius 2 is 1.24 bits per heavy atom. The van der Waals surface area contributed by atoms with Crippen LogP contribution in [0.5, 0.6) is 0 Å². The second-order valence-electron chi connectivity index (χ2n) is 2.64. The van der Waals surface area contributed by atoms with Gasteiger partial charge in [-0.05, 0) is 51.5 Å². The lowest BCUT2D eigenvalue weighted by Gasteiger charge is -2.01. The van der Waals surface area contributed by atoms with Crippen molar-refractivity contribution < 1.29 is 19.8 Å². The highest BCUT2D eigenvalue weighted by molar-refractivity contribution is 5.94. The van der Waals surface area contributed by atoms with Gasteiger partial charge in [0.2, 0.25) is 0 Å². The smallest absolute Gasteiger partial charge is 0.335 e. The summed E-state index contributed by atoms with van der Waals surface area (Å²) < 4.78 is 0. The van der Waals surface area contributed by atoms with Crippen molar-refractivity contribution in [3.05, 3.63) is 34.9 Å². The van der Waals surface area contributed by atoms with Gasteiger partial charge in [0.25, 0.3) is 0 Å². The first kappa shape index (κ1) is 26.4. The van der Waals surface area contributed by atoms with E-state index in [1.807, 2.05) is 0 Å². The fourth-order valence-electron chi connectivity index (χ4n) is 0.985. The van der Waals surface area contributed by atoms with Gasteiger partial charge in [0.1, 0.15) is 0 Å². The number of hydrogen-bond acceptors (Lipinski definition) is 6. The lowest BCUT2D eigenvalue weighted by molar-refractivity contribution is 0.0695. The number of carboxylic acid groups (broad SMARTS) is 2. The van der Waals surface area contributed by atoms with E-state index in [1.54, 1.807) is 6.92 Å². The molecule has 8 heteroatoms. The highest BCUT2D eigenvalue weighted by atomic mass is 16.4. The molecule has 0 heterocycles. The fraction of sp³-hybridized carbons (Fsp3) is 0.0769. The molecule has 0 saturated heterocycles. The van der Waals surface area contributed by atoms with Gasteiger partial charge in [0, 0.05) is 0 Å². The quantitative estimate of drug-likeness (QED) is 0.461. The Labute approximate surface area is 123 Å². The van der Waals surface area contributed by atoms with Crippen molar-refractivity contribution in [3.63, 3.8) is 0 Å². The van der Waals surface area contributed by atoms with E-state index in [0.29, 0.717) is 5.56 Å². The third kappa shape index (κ3) is 11.7. The molecule has 0 aliphatic heterocycles. The Kier molecular flexibility index (Phi) is 24.1. The van der Waals surface area contributed by atoms with Gasteiger partial charge in [-0.2, -0.15) is 0 Å². The van der Waals surface area contributed by atoms with Gasteiger partial charge in [-0.25, -0.2) is 9.59 Å². The Bertz CT molecular complexity index is 430. The van der Waals surface area contributed by atoms with Crippen molar-refractivity contribution in [3.8, 4) is 0 Å². The van der Waals surface area contributed by atoms with E-state index in [1.165, 1.54) is 12.1 Å². The first-order valence-corrected chi connectivity index (χ1v) is 5.01. The summed E-state index contributed by atoms with van der Waals surface area (Å²) in [6.45, 7) is 11.6. The second-order valence-corrected chi connectivity index (χ2v) is 2.64. The van der Waals surface area contributed by atoms with Crippen LogP contribution in [0.25, 0.3) is 0 Å². The molecule has 8 nitrogen and oxygen atoms in total. The third-order valence-corrected chi connectivity index (χ3v) is 1.71. The lowest BCUT2D eigenvalue weighted by Crippen LogP contribution is -2.03. The van der Waals surface area contributed by atoms with Crippen LogP contribution >= 0.6 is 0 Å². The van der Waals surface area contributed by atoms with Gasteiger partial charge < -0.3 is 31.9 Å². The molecule has 116 valence electrons. The maximum absolute atomic E-state index is 10.6. The fourth-order valence-corrected chi connectivity index (χ4v) is 0.985. The summed E-state index contributed by atoms with van der Waals surface area (Å²) in [5.74, 6) is -2.23. The summed E-state index contributed by atoms with van der Waals surface area (Å²) >= 11 is 0. The molecule has 1 aromatic rings. The Balaban J connectivity index is -0.000000156. The molecule has 0 unspecified atom stereocenters. The van der Waals surface area contributed by atoms with E-state index in [9.17, 15) is 9.59 Å². The van der Waals surface area contributed by atoms with Gasteiger partial charge in [-0.15, -0.1) is 0 Å². The van der Waals surface area contributed by atoms with Crippen molar-refractivity contribution in [2.45, 2.75) is 6.92 Å². The van der Waals surface area contributed by atoms with Crippen molar-refractivity contribution in [2.75, 3.05) is 0 Å². The van der Waals surface area contributed by atoms with Gasteiger partial charge in [-0.3, -0.25) is 0 Å². The van der Waals surface area contributed by atoms with Gasteiger partial charge in [-0.1, -0.05) is 6.07 Å². The molecule has 0 aromatic heterocycles. The van der Waals surface area contributed by atoms with Gasteiger partial charge in [0.05, 0.1) is 11.1 Å². The second kappa shape index (κ2) is 19.2. The van der Waals surface area contributed by atoms with Gasteiger partial charge >= 0.3 is 11.9 Å². The minimum Gasteiger partial charge on any atom is -0.478 e. The van der Waals surface area contributed by atoms with Crippen LogP contribution in [-0.4, -0.2) is 49.0 Å². The van der Waals surface area contributed by atoms with Crippen LogP contribution in [0.4, 0.5) is 0 Å². The van der Waals surface area contributed by atoms with Crippen molar-refractivity contribution >= 4 is 38.8 Å². The molecule has 1 rings (SSSR count). The number of aromatic carboxylic acids is 2. The van der Waals surface area contributed by atoms with Crippen LogP contribution in [0.3, 0.4) is 0 Å². The molecular weight excluding hydrogens is 276 g/mol. The van der Waals surface area contributed by atoms with E-state index < -0.39 is 11.9 Å². The molecule has 0 saturated carbocycles. The van der Waals surface area contributed by atoms with Crippen LogP contribution in [-0.2, 0) is 0 Å². The first-order valence-electron chi connectivity index (χ1n) is 5.01. The number of nitrogens with one attached hydrogen (secondary N) is 4. The van der Waals surface area contributed by atoms with Crippen LogP contribution in [0.2, 0.25) is 0 Å². The number of hydrogen-bond donors (Lipinski definition) is 6. The normalized spacial score (nSPS) is 6.71. The molecule has 0 aliphatic carbocycles. The Morgan fingerprint density at radius 1 is 0.857 bits per heavy atom. The minimum atomic E-state index is -1.12. The summed E-state index contributed by atoms with van der Waals surface area (Å²) in [5, 5.41) is 39.3. The number of aryl methyl sites for hydroxylation is 1. The highest BCUT2D eigenvalue weighted by Gasteiger charge is 2.10. The van der Waals surface area contributed by atoms with Crippen LogP contribution in [0.15, 0.2) is 18.2 Å². The molecule has 0 amide bonds. The summed E-state index contributed by atoms with van der Waals surface area (Å²) in [4.78, 5) is 21.1. The predicted octanol–water partition coefficient (Wildman–Crippen LogP) is 2.45. The monoisotopic (exact) mass is 296 g/mol. The molecule has 0 atom stereocenters. The van der Waals surface area contributed by atoms with Gasteiger partial charge in [0.15, 0.2) is 0 Å². The maximum atomic E-state index is 10.6. The van der Waals surface area contributed by atoms with E-state index in [0.717, 1.165) is 6.07 Å². The lowest BCUT2D eigenvalue weighted by atomic mass is 10.1. The highest BCUT2D eigenvalue weighted by Crippen LogP contribution is 2.11. The molecule has 21 heavy (non-hydrogen) atoms. The van der Waals surface area contributed by atoms with Crippen LogP contribution in [0.1, 0.15) is 26.3 Å². The molecule has 0 aliphatic rings. The van der Waals surface area contributed by atoms with Crippen molar-refractivity contribution in [1.82, 2.24) is 0 Å². The average molecular weight is 296 g/mol. The van der Waals surface area contributed by atoms with Crippen LogP contribution < -0.4 is 0 Å². The Morgan fingerprint density at radius 3 is 1.52 bits per heavy atom. The Hall–Kier alpha value is -3.16. The molecule has 0 spiro atoms. The topological polar surface area (TPSA) is 170 Å².